The number of carboxylic acid groups (broad SMARTS) is 1. The largest absolute Gasteiger partial charge is 0.554 e. The Kier molecular flexibility index (Phi) is 6.08. The summed E-state index contributed by atoms with van der Waals surface area (Å²) < 4.78 is 1.64. The highest BCUT2D eigenvalue weighted by Crippen LogP contribution is 2.45. The van der Waals surface area contributed by atoms with Crippen molar-refractivity contribution in [2.75, 3.05) is 0 Å². The zero-order valence-corrected chi connectivity index (χ0v) is 19.2. The zero-order valence-electron chi connectivity index (χ0n) is 19.2. The van der Waals surface area contributed by atoms with E-state index in [1.807, 2.05) is 31.2 Å². The molecule has 2 heterocycles. The monoisotopic (exact) mass is 457 g/mol. The molecule has 1 aliphatic rings. The minimum absolute atomic E-state index is 0.0532. The van der Waals surface area contributed by atoms with Crippen molar-refractivity contribution >= 4 is 17.5 Å². The molecule has 0 unspecified atom stereocenters. The molecule has 0 aliphatic heterocycles. The highest BCUT2D eigenvalue weighted by atomic mass is 16.3. The second kappa shape index (κ2) is 8.85. The summed E-state index contributed by atoms with van der Waals surface area (Å²) in [7, 11) is 1.77. The number of rotatable bonds is 3. The van der Waals surface area contributed by atoms with Crippen LogP contribution in [0.15, 0.2) is 77.6 Å². The van der Waals surface area contributed by atoms with Gasteiger partial charge in [0.15, 0.2) is 0 Å². The maximum atomic E-state index is 12.2. The number of hydrogen-bond donors (Lipinski definition) is 2. The van der Waals surface area contributed by atoms with Crippen molar-refractivity contribution in [2.45, 2.75) is 30.9 Å². The van der Waals surface area contributed by atoms with Gasteiger partial charge in [-0.15, -0.1) is 0 Å². The number of carbonyl (C=O) groups is 1. The number of aromatic nitrogens is 2. The van der Waals surface area contributed by atoms with Crippen LogP contribution in [-0.4, -0.2) is 26.7 Å². The number of pyridine rings is 2. The van der Waals surface area contributed by atoms with Crippen LogP contribution in [0.5, 0.6) is 0 Å². The molecule has 1 fully saturated rings. The van der Waals surface area contributed by atoms with Crippen molar-refractivity contribution in [1.82, 2.24) is 9.55 Å². The molecule has 0 radical (unpaired) electrons. The molecule has 0 atom stereocenters. The first-order valence-electron chi connectivity index (χ1n) is 11.0. The van der Waals surface area contributed by atoms with Crippen molar-refractivity contribution in [3.05, 3.63) is 88.7 Å². The summed E-state index contributed by atoms with van der Waals surface area (Å²) in [6.07, 6.45) is 1.33. The predicted octanol–water partition coefficient (Wildman–Crippen LogP) is 1.62. The fraction of sp³-hybridized carbons (Fsp3) is 0.222. The van der Waals surface area contributed by atoms with Crippen LogP contribution < -0.4 is 16.4 Å². The van der Waals surface area contributed by atoms with E-state index < -0.39 is 12.1 Å². The van der Waals surface area contributed by atoms with E-state index in [4.69, 9.17) is 14.9 Å². The van der Waals surface area contributed by atoms with Crippen LogP contribution in [0.25, 0.3) is 33.4 Å². The molecule has 1 saturated carbocycles. The van der Waals surface area contributed by atoms with E-state index in [0.29, 0.717) is 12.8 Å². The lowest BCUT2D eigenvalue weighted by Crippen LogP contribution is -2.79. The number of quaternary nitrogens is 1. The van der Waals surface area contributed by atoms with Gasteiger partial charge >= 0.3 is 0 Å². The van der Waals surface area contributed by atoms with Crippen molar-refractivity contribution in [3.63, 3.8) is 0 Å². The molecule has 1 aliphatic carbocycles. The Labute approximate surface area is 197 Å². The third-order valence-corrected chi connectivity index (χ3v) is 6.40. The summed E-state index contributed by atoms with van der Waals surface area (Å²) in [5.74, 6) is 0. The first-order valence-corrected chi connectivity index (χ1v) is 11.0. The van der Waals surface area contributed by atoms with Crippen molar-refractivity contribution in [2.24, 2.45) is 7.05 Å². The van der Waals surface area contributed by atoms with Gasteiger partial charge in [0.1, 0.15) is 5.54 Å². The van der Waals surface area contributed by atoms with Crippen LogP contribution in [0.3, 0.4) is 0 Å². The van der Waals surface area contributed by atoms with Gasteiger partial charge in [0.05, 0.1) is 22.3 Å². The van der Waals surface area contributed by atoms with Gasteiger partial charge in [0.25, 0.3) is 5.56 Å². The molecule has 0 saturated heterocycles. The lowest BCUT2D eigenvalue weighted by molar-refractivity contribution is -0.528. The van der Waals surface area contributed by atoms with Gasteiger partial charge < -0.3 is 25.3 Å². The van der Waals surface area contributed by atoms with Crippen LogP contribution in [0.4, 0.5) is 0 Å². The highest BCUT2D eigenvalue weighted by Gasteiger charge is 2.53. The number of aliphatic hydroxyl groups is 1. The van der Waals surface area contributed by atoms with Gasteiger partial charge in [-0.25, -0.2) is 4.98 Å². The Balaban J connectivity index is 0.000000868. The van der Waals surface area contributed by atoms with E-state index in [2.05, 4.69) is 42.1 Å². The topological polar surface area (TPSA) is 123 Å². The maximum Gasteiger partial charge on any atom is 0.250 e. The SMILES string of the molecule is Cn1c(=O)ccc2nc(-c3ccc(C4([NH3+])CC(C)(O)C4)cc3)c(-c3ccccc3)cc21.O=C[O-]. The molecule has 0 amide bonds. The number of nitrogens with zero attached hydrogens (tertiary/aromatic N) is 2. The predicted molar refractivity (Wildman–Crippen MR) is 128 cm³/mol. The molecule has 4 aromatic rings. The van der Waals surface area contributed by atoms with Crippen LogP contribution >= 0.6 is 0 Å². The second-order valence-electron chi connectivity index (χ2n) is 9.19. The minimum atomic E-state index is -0.628. The second-order valence-corrected chi connectivity index (χ2v) is 9.19. The minimum Gasteiger partial charge on any atom is -0.554 e. The zero-order chi connectivity index (χ0) is 24.5. The third-order valence-electron chi connectivity index (χ3n) is 6.40. The van der Waals surface area contributed by atoms with Crippen molar-refractivity contribution in [1.29, 1.82) is 0 Å². The Morgan fingerprint density at radius 2 is 1.65 bits per heavy atom. The molecular formula is C27H27N3O4. The molecule has 2 aromatic heterocycles. The Morgan fingerprint density at radius 1 is 1.03 bits per heavy atom. The Bertz CT molecular complexity index is 1390. The maximum absolute atomic E-state index is 12.2. The molecule has 2 aromatic carbocycles. The summed E-state index contributed by atoms with van der Waals surface area (Å²) in [5.41, 5.74) is 10.1. The molecule has 0 bridgehead atoms. The fourth-order valence-electron chi connectivity index (χ4n) is 4.94. The average Bonchev–Trinajstić information content (AvgIpc) is 2.81. The van der Waals surface area contributed by atoms with Crippen LogP contribution in [0, 0.1) is 0 Å². The quantitative estimate of drug-likeness (QED) is 0.453. The Hall–Kier alpha value is -3.81. The standard InChI is InChI=1S/C26H25N3O2.CH2O2/c1-25(31)15-26(27,16-25)19-10-8-18(9-11-19)24-20(17-6-4-3-5-7-17)14-22-21(28-24)12-13-23(30)29(22)2;2-1-3/h3-14,31H,15-16,27H2,1-2H3;1H,(H,2,3). The average molecular weight is 458 g/mol. The van der Waals surface area contributed by atoms with E-state index in [-0.39, 0.29) is 11.1 Å². The number of aryl methyl sites for hydroxylation is 1. The van der Waals surface area contributed by atoms with Gasteiger partial charge in [-0.05, 0) is 24.6 Å². The van der Waals surface area contributed by atoms with Crippen LogP contribution in [0.1, 0.15) is 25.3 Å². The number of benzene rings is 2. The molecule has 34 heavy (non-hydrogen) atoms. The van der Waals surface area contributed by atoms with Crippen LogP contribution in [0.2, 0.25) is 0 Å². The summed E-state index contributed by atoms with van der Waals surface area (Å²) in [6.45, 7) is 1.36. The summed E-state index contributed by atoms with van der Waals surface area (Å²) in [4.78, 5) is 25.4. The molecule has 174 valence electrons. The van der Waals surface area contributed by atoms with E-state index >= 15 is 0 Å². The van der Waals surface area contributed by atoms with Gasteiger partial charge in [-0.2, -0.15) is 0 Å². The number of carbonyl (C=O) groups excluding carboxylic acids is 1. The number of hydrogen-bond acceptors (Lipinski definition) is 5. The first-order chi connectivity index (χ1) is 16.2. The number of fused-ring (bicyclic) bond motifs is 1. The lowest BCUT2D eigenvalue weighted by Gasteiger charge is -2.46. The molecule has 4 N–H and O–H groups in total. The summed E-state index contributed by atoms with van der Waals surface area (Å²) in [6, 6.07) is 23.9. The molecule has 5 rings (SSSR count). The van der Waals surface area contributed by atoms with Gasteiger partial charge in [-0.1, -0.05) is 54.6 Å². The van der Waals surface area contributed by atoms with Gasteiger partial charge in [0.2, 0.25) is 0 Å². The van der Waals surface area contributed by atoms with E-state index in [1.54, 1.807) is 23.7 Å². The normalized spacial score (nSPS) is 21.3. The van der Waals surface area contributed by atoms with Crippen molar-refractivity contribution in [3.8, 4) is 22.4 Å². The highest BCUT2D eigenvalue weighted by molar-refractivity contribution is 5.90. The Morgan fingerprint density at radius 3 is 2.24 bits per heavy atom. The van der Waals surface area contributed by atoms with E-state index in [0.717, 1.165) is 39.0 Å². The molecule has 7 heteroatoms. The fourth-order valence-corrected chi connectivity index (χ4v) is 4.94. The molecular weight excluding hydrogens is 430 g/mol. The smallest absolute Gasteiger partial charge is 0.250 e. The first kappa shape index (κ1) is 23.4. The van der Waals surface area contributed by atoms with Gasteiger partial charge in [0, 0.05) is 49.1 Å². The lowest BCUT2D eigenvalue weighted by atomic mass is 9.63. The van der Waals surface area contributed by atoms with Crippen LogP contribution in [-0.2, 0) is 17.4 Å². The van der Waals surface area contributed by atoms with E-state index in [9.17, 15) is 9.90 Å². The summed E-state index contributed by atoms with van der Waals surface area (Å²) >= 11 is 0. The third kappa shape index (κ3) is 4.35. The molecule has 0 spiro atoms. The van der Waals surface area contributed by atoms with Gasteiger partial charge in [-0.3, -0.25) is 4.79 Å². The summed E-state index contributed by atoms with van der Waals surface area (Å²) in [5, 5.41) is 18.4. The van der Waals surface area contributed by atoms with E-state index in [1.165, 1.54) is 0 Å². The molecule has 7 nitrogen and oxygen atoms in total. The van der Waals surface area contributed by atoms with Crippen molar-refractivity contribution < 1.29 is 20.7 Å².